The standard InChI is InChI=1S/C4H10Cl4N3O2P3/c1-3-12-15(7)9-14(5,6)10-16(8,11-15)13-4-2/h3-4H2,1-2H3/t15-,16+. The molecule has 0 amide bonds. The zero-order chi connectivity index (χ0) is 12.4. The van der Waals surface area contributed by atoms with Crippen LogP contribution in [0.3, 0.4) is 0 Å². The molecule has 0 bridgehead atoms. The number of rotatable bonds is 4. The summed E-state index contributed by atoms with van der Waals surface area (Å²) in [6.07, 6.45) is 0. The van der Waals surface area contributed by atoms with Crippen LogP contribution in [0.2, 0.25) is 0 Å². The molecule has 96 valence electrons. The summed E-state index contributed by atoms with van der Waals surface area (Å²) in [7, 11) is 0. The minimum Gasteiger partial charge on any atom is -0.316 e. The molecule has 0 spiro atoms. The number of hydrogen-bond donors (Lipinski definition) is 0. The summed E-state index contributed by atoms with van der Waals surface area (Å²) in [5.41, 5.74) is 0. The summed E-state index contributed by atoms with van der Waals surface area (Å²) in [6, 6.07) is 0. The largest absolute Gasteiger partial charge is 0.316 e. The Balaban J connectivity index is 3.30. The van der Waals surface area contributed by atoms with Crippen molar-refractivity contribution >= 4 is 64.4 Å². The lowest BCUT2D eigenvalue weighted by Gasteiger charge is -2.23. The maximum Gasteiger partial charge on any atom is 0.300 e. The highest BCUT2D eigenvalue weighted by Crippen LogP contribution is 2.85. The lowest BCUT2D eigenvalue weighted by Crippen LogP contribution is -1.86. The molecule has 2 atom stereocenters. The van der Waals surface area contributed by atoms with Crippen LogP contribution in [-0.2, 0) is 9.05 Å². The van der Waals surface area contributed by atoms with Gasteiger partial charge in [0.05, 0.1) is 13.2 Å². The molecule has 0 aromatic carbocycles. The third kappa shape index (κ3) is 4.46. The van der Waals surface area contributed by atoms with E-state index in [1.165, 1.54) is 0 Å². The first-order valence-electron chi connectivity index (χ1n) is 4.23. The van der Waals surface area contributed by atoms with Crippen molar-refractivity contribution in [2.45, 2.75) is 13.8 Å². The van der Waals surface area contributed by atoms with Crippen LogP contribution in [-0.4, -0.2) is 13.2 Å². The summed E-state index contributed by atoms with van der Waals surface area (Å²) in [5.74, 6) is -2.95. The Hall–Kier alpha value is 1.77. The van der Waals surface area contributed by atoms with Crippen molar-refractivity contribution in [3.63, 3.8) is 0 Å². The summed E-state index contributed by atoms with van der Waals surface area (Å²) >= 11 is 24.0. The van der Waals surface area contributed by atoms with Crippen LogP contribution in [0, 0.1) is 0 Å². The molecule has 1 heterocycles. The lowest BCUT2D eigenvalue weighted by molar-refractivity contribution is 0.373. The highest BCUT2D eigenvalue weighted by atomic mass is 35.9. The first-order valence-corrected chi connectivity index (χ1v) is 12.8. The van der Waals surface area contributed by atoms with Crippen LogP contribution in [0.1, 0.15) is 13.8 Å². The van der Waals surface area contributed by atoms with Gasteiger partial charge in [-0.05, 0) is 58.8 Å². The van der Waals surface area contributed by atoms with E-state index in [1.807, 2.05) is 0 Å². The van der Waals surface area contributed by atoms with Gasteiger partial charge in [0.25, 0.3) is 19.5 Å². The van der Waals surface area contributed by atoms with Crippen LogP contribution in [0.15, 0.2) is 13.5 Å². The van der Waals surface area contributed by atoms with Gasteiger partial charge in [-0.3, -0.25) is 0 Å². The molecule has 0 aliphatic carbocycles. The summed E-state index contributed by atoms with van der Waals surface area (Å²) < 4.78 is 22.4. The zero-order valence-corrected chi connectivity index (χ0v) is 14.1. The predicted octanol–water partition coefficient (Wildman–Crippen LogP) is 6.87. The Morgan fingerprint density at radius 3 is 1.69 bits per heavy atom. The summed E-state index contributed by atoms with van der Waals surface area (Å²) in [4.78, 5) is 0. The minimum atomic E-state index is -2.95. The highest BCUT2D eigenvalue weighted by molar-refractivity contribution is 8.16. The van der Waals surface area contributed by atoms with Gasteiger partial charge in [-0.1, -0.05) is 0 Å². The Morgan fingerprint density at radius 1 is 0.812 bits per heavy atom. The number of halogens is 4. The van der Waals surface area contributed by atoms with Crippen molar-refractivity contribution in [3.8, 4) is 0 Å². The quantitative estimate of drug-likeness (QED) is 0.510. The van der Waals surface area contributed by atoms with E-state index in [9.17, 15) is 0 Å². The van der Waals surface area contributed by atoms with Crippen molar-refractivity contribution in [3.05, 3.63) is 0 Å². The van der Waals surface area contributed by atoms with Gasteiger partial charge < -0.3 is 9.05 Å². The van der Waals surface area contributed by atoms with E-state index in [0.717, 1.165) is 0 Å². The van der Waals surface area contributed by atoms with Crippen LogP contribution < -0.4 is 0 Å². The molecule has 0 radical (unpaired) electrons. The van der Waals surface area contributed by atoms with Crippen LogP contribution in [0.5, 0.6) is 0 Å². The highest BCUT2D eigenvalue weighted by Gasteiger charge is 2.34. The molecule has 0 saturated carbocycles. The second-order valence-electron chi connectivity index (χ2n) is 2.51. The second-order valence-corrected chi connectivity index (χ2v) is 14.0. The molecule has 1 rings (SSSR count). The Labute approximate surface area is 114 Å². The fourth-order valence-corrected chi connectivity index (χ4v) is 15.8. The van der Waals surface area contributed by atoms with Gasteiger partial charge in [-0.2, -0.15) is 13.5 Å². The van der Waals surface area contributed by atoms with Gasteiger partial charge in [0.2, 0.25) is 0 Å². The molecule has 1 aliphatic rings. The van der Waals surface area contributed by atoms with E-state index in [0.29, 0.717) is 13.2 Å². The van der Waals surface area contributed by atoms with E-state index in [4.69, 9.17) is 54.0 Å². The van der Waals surface area contributed by atoms with E-state index >= 15 is 0 Å². The molecule has 0 aromatic rings. The van der Waals surface area contributed by atoms with E-state index in [1.54, 1.807) is 13.8 Å². The average Bonchev–Trinajstić information content (AvgIpc) is 1.97. The van der Waals surface area contributed by atoms with Gasteiger partial charge in [-0.15, -0.1) is 0 Å². The third-order valence-electron chi connectivity index (χ3n) is 1.24. The van der Waals surface area contributed by atoms with Crippen molar-refractivity contribution in [2.75, 3.05) is 13.2 Å². The molecule has 0 aromatic heterocycles. The summed E-state index contributed by atoms with van der Waals surface area (Å²) in [6.45, 7) is -1.67. The van der Waals surface area contributed by atoms with Gasteiger partial charge in [0.1, 0.15) is 0 Å². The third-order valence-corrected chi connectivity index (χ3v) is 13.1. The Morgan fingerprint density at radius 2 is 1.25 bits per heavy atom. The molecule has 12 heteroatoms. The summed E-state index contributed by atoms with van der Waals surface area (Å²) in [5, 5.41) is 0. The van der Waals surface area contributed by atoms with Crippen molar-refractivity contribution in [2.24, 2.45) is 13.5 Å². The predicted molar refractivity (Wildman–Crippen MR) is 74.7 cm³/mol. The molecular formula is C4H10Cl4N3O2P3. The van der Waals surface area contributed by atoms with E-state index in [-0.39, 0.29) is 0 Å². The Kier molecular flexibility index (Phi) is 5.76. The maximum atomic E-state index is 6.10. The SMILES string of the molecule is CCO[P@@]1(Cl)=NP(Cl)(Cl)=N[P@@](Cl)(OCC)=N1. The minimum absolute atomic E-state index is 0.334. The molecule has 16 heavy (non-hydrogen) atoms. The van der Waals surface area contributed by atoms with Gasteiger partial charge in [-0.25, -0.2) is 0 Å². The van der Waals surface area contributed by atoms with Crippen molar-refractivity contribution < 1.29 is 9.05 Å². The fraction of sp³-hybridized carbons (Fsp3) is 1.00. The normalized spacial score (nSPS) is 37.1. The first kappa shape index (κ1) is 15.8. The lowest BCUT2D eigenvalue weighted by atomic mass is 10.9. The smallest absolute Gasteiger partial charge is 0.300 e. The number of hydrogen-bond acceptors (Lipinski definition) is 5. The first-order chi connectivity index (χ1) is 7.24. The van der Waals surface area contributed by atoms with Gasteiger partial charge in [0, 0.05) is 0 Å². The van der Waals surface area contributed by atoms with Gasteiger partial charge in [0.15, 0.2) is 0 Å². The van der Waals surface area contributed by atoms with Crippen molar-refractivity contribution in [1.29, 1.82) is 0 Å². The van der Waals surface area contributed by atoms with Crippen LogP contribution in [0.25, 0.3) is 0 Å². The fourth-order valence-electron chi connectivity index (χ4n) is 0.887. The monoisotopic (exact) mass is 365 g/mol. The molecule has 5 nitrogen and oxygen atoms in total. The van der Waals surface area contributed by atoms with Gasteiger partial charge >= 0.3 is 0 Å². The molecule has 0 unspecified atom stereocenters. The Bertz CT molecular complexity index is 421. The van der Waals surface area contributed by atoms with Crippen LogP contribution >= 0.6 is 64.4 Å². The topological polar surface area (TPSA) is 55.5 Å². The zero-order valence-electron chi connectivity index (χ0n) is 8.43. The maximum absolute atomic E-state index is 6.10. The van der Waals surface area contributed by atoms with E-state index in [2.05, 4.69) is 13.5 Å². The molecule has 1 aliphatic heterocycles. The molecule has 0 fully saturated rings. The molecule has 0 saturated heterocycles. The second kappa shape index (κ2) is 5.82. The average molecular weight is 367 g/mol. The van der Waals surface area contributed by atoms with E-state index < -0.39 is 19.5 Å². The molecule has 0 N–H and O–H groups in total. The molecular weight excluding hydrogens is 357 g/mol. The number of nitrogens with zero attached hydrogens (tertiary/aromatic N) is 3. The van der Waals surface area contributed by atoms with Crippen LogP contribution in [0.4, 0.5) is 0 Å². The van der Waals surface area contributed by atoms with Crippen molar-refractivity contribution in [1.82, 2.24) is 0 Å².